The number of aromatic nitrogens is 2. The van der Waals surface area contributed by atoms with Gasteiger partial charge in [-0.2, -0.15) is 137 Å². The van der Waals surface area contributed by atoms with Gasteiger partial charge in [0.15, 0.2) is 0 Å². The van der Waals surface area contributed by atoms with Crippen LogP contribution in [-0.4, -0.2) is 9.13 Å². The lowest BCUT2D eigenvalue weighted by atomic mass is 9.94. The van der Waals surface area contributed by atoms with Gasteiger partial charge in [-0.3, -0.25) is 0 Å². The van der Waals surface area contributed by atoms with Crippen LogP contribution in [-0.2, 0) is 61.8 Å². The van der Waals surface area contributed by atoms with Crippen molar-refractivity contribution in [3.05, 3.63) is 237 Å². The third-order valence-corrected chi connectivity index (χ3v) is 16.9. The van der Waals surface area contributed by atoms with Crippen LogP contribution in [0.1, 0.15) is 61.2 Å². The first-order valence-corrected chi connectivity index (χ1v) is 29.0. The first-order chi connectivity index (χ1) is 47.8. The summed E-state index contributed by atoms with van der Waals surface area (Å²) < 4.78 is 440. The molecule has 0 aliphatic carbocycles. The number of fused-ring (bicyclic) bond motifs is 6. The highest BCUT2D eigenvalue weighted by Gasteiger charge is 2.44. The van der Waals surface area contributed by atoms with Gasteiger partial charge in [0.2, 0.25) is 0 Å². The topological polar surface area (TPSA) is 33.6 Å². The molecule has 0 atom stereocenters. The zero-order valence-corrected chi connectivity index (χ0v) is 50.4. The van der Waals surface area contributed by atoms with E-state index in [-0.39, 0.29) is 106 Å². The van der Waals surface area contributed by atoms with E-state index >= 15 is 13.2 Å². The molecule has 2 aromatic heterocycles. The molecule has 0 spiro atoms. The van der Waals surface area contributed by atoms with Gasteiger partial charge in [0, 0.05) is 21.5 Å². The summed E-state index contributed by atoms with van der Waals surface area (Å²) in [5, 5.41) is 10.6. The zero-order valence-electron chi connectivity index (χ0n) is 50.4. The molecule has 0 saturated heterocycles. The largest absolute Gasteiger partial charge is 0.417 e. The fourth-order valence-electron chi connectivity index (χ4n) is 12.2. The fraction of sp³-hybridized carbons (Fsp3) is 0.141. The van der Waals surface area contributed by atoms with E-state index in [1.807, 2.05) is 0 Å². The van der Waals surface area contributed by atoms with Crippen LogP contribution in [0.2, 0.25) is 0 Å². The number of hydrogen-bond acceptors (Lipinski definition) is 1. The van der Waals surface area contributed by atoms with Crippen molar-refractivity contribution in [1.29, 1.82) is 5.26 Å². The Kier molecular flexibility index (Phi) is 16.9. The summed E-state index contributed by atoms with van der Waals surface area (Å²) in [6.45, 7) is 0. The molecular formula is C71H29F30N3. The Bertz CT molecular complexity index is 4840. The monoisotopic (exact) mass is 1490 g/mol. The highest BCUT2D eigenvalue weighted by molar-refractivity contribution is 6.13. The lowest BCUT2D eigenvalue weighted by Crippen LogP contribution is -2.12. The van der Waals surface area contributed by atoms with Crippen molar-refractivity contribution in [1.82, 2.24) is 9.13 Å². The smallest absolute Gasteiger partial charge is 0.308 e. The van der Waals surface area contributed by atoms with Crippen LogP contribution < -0.4 is 0 Å². The maximum absolute atomic E-state index is 15.7. The van der Waals surface area contributed by atoms with E-state index in [9.17, 15) is 124 Å². The van der Waals surface area contributed by atoms with Gasteiger partial charge in [0.05, 0.1) is 89.1 Å². The SMILES string of the molecule is N#Cc1c(-n2c3cc(-c4cc(C(F)(F)F)cc(C(F)(F)F)c4)ccc3c3ccc(-c4cc(C(F)(F)F)cc(C(F)(F)F)c4)cc32)cc(-c2ccc(C(F)(F)F)cc2C(F)(F)F)cc1-n1c2cc(-c3cc(C(F)(F)F)cc(C(F)(F)F)c3)ccc2c2ccc(-c3cc(C(F)(F)F)cc(C(F)(F)F)c3)cc21. The van der Waals surface area contributed by atoms with Gasteiger partial charge in [-0.15, -0.1) is 0 Å². The highest BCUT2D eigenvalue weighted by Crippen LogP contribution is 2.50. The van der Waals surface area contributed by atoms with Crippen molar-refractivity contribution in [2.24, 2.45) is 0 Å². The third-order valence-electron chi connectivity index (χ3n) is 16.9. The number of rotatable bonds is 7. The van der Waals surface area contributed by atoms with Crippen molar-refractivity contribution < 1.29 is 132 Å². The number of halogens is 30. The van der Waals surface area contributed by atoms with Crippen molar-refractivity contribution in [2.45, 2.75) is 61.8 Å². The molecule has 33 heteroatoms. The second kappa shape index (κ2) is 24.1. The van der Waals surface area contributed by atoms with Gasteiger partial charge in [-0.05, 0) is 177 Å². The van der Waals surface area contributed by atoms with Crippen LogP contribution in [0, 0.1) is 11.3 Å². The van der Waals surface area contributed by atoms with Gasteiger partial charge in [0.25, 0.3) is 0 Å². The minimum Gasteiger partial charge on any atom is -0.308 e. The minimum absolute atomic E-state index is 0.0865. The number of alkyl halides is 30. The number of benzene rings is 10. The Balaban J connectivity index is 1.30. The molecule has 12 rings (SSSR count). The molecule has 0 radical (unpaired) electrons. The Labute approximate surface area is 560 Å². The summed E-state index contributed by atoms with van der Waals surface area (Å²) in [5.74, 6) is 0. The van der Waals surface area contributed by atoms with Crippen molar-refractivity contribution in [3.63, 3.8) is 0 Å². The number of hydrogen-bond donors (Lipinski definition) is 0. The lowest BCUT2D eigenvalue weighted by Gasteiger charge is -2.21. The molecule has 104 heavy (non-hydrogen) atoms. The van der Waals surface area contributed by atoms with E-state index in [1.165, 1.54) is 0 Å². The summed E-state index contributed by atoms with van der Waals surface area (Å²) in [6.07, 6.45) is -56.0. The van der Waals surface area contributed by atoms with Gasteiger partial charge >= 0.3 is 61.8 Å². The average Bonchev–Trinajstić information content (AvgIpc) is 1.54. The van der Waals surface area contributed by atoms with Crippen LogP contribution in [0.3, 0.4) is 0 Å². The molecule has 10 aromatic carbocycles. The van der Waals surface area contributed by atoms with Gasteiger partial charge in [0.1, 0.15) is 11.6 Å². The molecule has 538 valence electrons. The predicted octanol–water partition coefficient (Wildman–Crippen LogP) is 26.3. The maximum Gasteiger partial charge on any atom is 0.417 e. The third kappa shape index (κ3) is 13.8. The molecule has 0 fully saturated rings. The highest BCUT2D eigenvalue weighted by atomic mass is 19.4. The Morgan fingerprint density at radius 3 is 0.644 bits per heavy atom. The molecule has 12 aromatic rings. The minimum atomic E-state index is -5.90. The van der Waals surface area contributed by atoms with Crippen molar-refractivity contribution in [2.75, 3.05) is 0 Å². The van der Waals surface area contributed by atoms with Crippen molar-refractivity contribution in [3.8, 4) is 73.1 Å². The normalized spacial score (nSPS) is 13.5. The van der Waals surface area contributed by atoms with Gasteiger partial charge in [-0.25, -0.2) is 0 Å². The Morgan fingerprint density at radius 2 is 0.442 bits per heavy atom. The number of nitrogens with zero attached hydrogens (tertiary/aromatic N) is 3. The van der Waals surface area contributed by atoms with Crippen LogP contribution in [0.15, 0.2) is 176 Å². The van der Waals surface area contributed by atoms with E-state index < -0.39 is 218 Å². The number of nitriles is 1. The van der Waals surface area contributed by atoms with Crippen LogP contribution in [0.5, 0.6) is 0 Å². The molecule has 0 saturated carbocycles. The van der Waals surface area contributed by atoms with E-state index in [2.05, 4.69) is 0 Å². The van der Waals surface area contributed by atoms with Crippen LogP contribution in [0.4, 0.5) is 132 Å². The summed E-state index contributed by atoms with van der Waals surface area (Å²) in [4.78, 5) is 0. The second-order valence-corrected chi connectivity index (χ2v) is 23.5. The summed E-state index contributed by atoms with van der Waals surface area (Å²) in [5.41, 5.74) is -33.9. The molecule has 0 N–H and O–H groups in total. The second-order valence-electron chi connectivity index (χ2n) is 23.5. The van der Waals surface area contributed by atoms with Gasteiger partial charge < -0.3 is 9.13 Å². The molecule has 0 amide bonds. The first-order valence-electron chi connectivity index (χ1n) is 29.0. The molecule has 0 aliphatic heterocycles. The molecular weight excluding hydrogens is 1460 g/mol. The predicted molar refractivity (Wildman–Crippen MR) is 317 cm³/mol. The Morgan fingerprint density at radius 1 is 0.212 bits per heavy atom. The first kappa shape index (κ1) is 73.0. The van der Waals surface area contributed by atoms with Crippen LogP contribution in [0.25, 0.3) is 111 Å². The molecule has 0 unspecified atom stereocenters. The molecule has 3 nitrogen and oxygen atoms in total. The maximum atomic E-state index is 15.7. The fourth-order valence-corrected chi connectivity index (χ4v) is 12.2. The van der Waals surface area contributed by atoms with E-state index in [0.29, 0.717) is 21.3 Å². The lowest BCUT2D eigenvalue weighted by molar-refractivity contribution is -0.144. The van der Waals surface area contributed by atoms with Crippen LogP contribution >= 0.6 is 0 Å². The standard InChI is InChI=1S/C71H29F30N3/c72-62(73,74)40-5-10-49(55(29-40)71(99,100)101)39-23-60(103-56-19-31(35-11-41(63(75,76)77)25-42(12-35)64(78,79)80)1-6-50(56)51-7-2-32(20-57(51)103)36-13-43(65(81,82)83)26-44(14-36)66(84,85)86)54(30-102)61(24-39)104-58-21-33(37-15-45(67(87,88)89)27-46(16-37)68(90,91)92)3-8-52(58)53-9-4-34(22-59(53)104)38-17-47(69(93,94)95)28-48(18-38)70(96,97)98/h1-29H. The zero-order chi connectivity index (χ0) is 76.3. The molecule has 0 aliphatic rings. The van der Waals surface area contributed by atoms with E-state index in [1.54, 1.807) is 6.07 Å². The van der Waals surface area contributed by atoms with Gasteiger partial charge in [-0.1, -0.05) is 54.6 Å². The Hall–Kier alpha value is -10.8. The van der Waals surface area contributed by atoms with Crippen molar-refractivity contribution >= 4 is 43.6 Å². The quantitative estimate of drug-likeness (QED) is 0.146. The summed E-state index contributed by atoms with van der Waals surface area (Å²) in [6, 6.07) is 13.7. The molecule has 0 bridgehead atoms. The molecule has 2 heterocycles. The van der Waals surface area contributed by atoms with E-state index in [4.69, 9.17) is 0 Å². The van der Waals surface area contributed by atoms with E-state index in [0.717, 1.165) is 72.8 Å². The summed E-state index contributed by atoms with van der Waals surface area (Å²) >= 11 is 0. The summed E-state index contributed by atoms with van der Waals surface area (Å²) in [7, 11) is 0. The average molecular weight is 1490 g/mol.